The lowest BCUT2D eigenvalue weighted by Crippen LogP contribution is -2.04. The lowest BCUT2D eigenvalue weighted by molar-refractivity contribution is 0.367. The molecular formula is C14H14BrClN2O. The maximum Gasteiger partial charge on any atom is 0.247 e. The van der Waals surface area contributed by atoms with Gasteiger partial charge in [0.05, 0.1) is 5.02 Å². The molecule has 0 radical (unpaired) electrons. The number of halogens is 2. The maximum atomic E-state index is 6.08. The molecule has 2 aromatic rings. The zero-order valence-electron chi connectivity index (χ0n) is 10.4. The molecule has 3 rings (SSSR count). The summed E-state index contributed by atoms with van der Waals surface area (Å²) < 4.78 is 6.67. The summed E-state index contributed by atoms with van der Waals surface area (Å²) in [5.74, 6) is 1.75. The second-order valence-corrected chi connectivity index (χ2v) is 6.17. The first-order valence-corrected chi connectivity index (χ1v) is 7.70. The number of rotatable bonds is 2. The van der Waals surface area contributed by atoms with E-state index in [0.29, 0.717) is 16.8 Å². The lowest BCUT2D eigenvalue weighted by atomic mass is 9.89. The first-order valence-electron chi connectivity index (χ1n) is 6.53. The van der Waals surface area contributed by atoms with Crippen molar-refractivity contribution < 1.29 is 4.42 Å². The largest absolute Gasteiger partial charge is 0.420 e. The van der Waals surface area contributed by atoms with E-state index in [1.807, 2.05) is 18.2 Å². The number of nitrogens with zero attached hydrogens (tertiary/aromatic N) is 2. The Morgan fingerprint density at radius 2 is 1.95 bits per heavy atom. The SMILES string of the molecule is Clc1cc(-c2nnc(C3CCCCC3)o2)ccc1Br. The van der Waals surface area contributed by atoms with Gasteiger partial charge in [0.1, 0.15) is 0 Å². The minimum Gasteiger partial charge on any atom is -0.420 e. The molecule has 0 unspecified atom stereocenters. The standard InChI is InChI=1S/C14H14BrClN2O/c15-11-7-6-10(8-12(11)16)14-18-17-13(19-14)9-4-2-1-3-5-9/h6-9H,1-5H2. The number of hydrogen-bond acceptors (Lipinski definition) is 3. The third kappa shape index (κ3) is 2.84. The highest BCUT2D eigenvalue weighted by atomic mass is 79.9. The molecule has 1 aliphatic rings. The van der Waals surface area contributed by atoms with Crippen molar-refractivity contribution in [2.24, 2.45) is 0 Å². The van der Waals surface area contributed by atoms with Gasteiger partial charge in [0.2, 0.25) is 11.8 Å². The van der Waals surface area contributed by atoms with E-state index in [9.17, 15) is 0 Å². The van der Waals surface area contributed by atoms with E-state index in [4.69, 9.17) is 16.0 Å². The Bertz CT molecular complexity index is 579. The van der Waals surface area contributed by atoms with Crippen LogP contribution in [0.2, 0.25) is 5.02 Å². The predicted molar refractivity (Wildman–Crippen MR) is 78.3 cm³/mol. The van der Waals surface area contributed by atoms with Crippen LogP contribution in [0.15, 0.2) is 27.1 Å². The Labute approximate surface area is 125 Å². The molecule has 19 heavy (non-hydrogen) atoms. The van der Waals surface area contributed by atoms with Gasteiger partial charge in [-0.2, -0.15) is 0 Å². The molecule has 1 heterocycles. The molecule has 1 aromatic heterocycles. The Kier molecular flexibility index (Phi) is 3.89. The van der Waals surface area contributed by atoms with Crippen LogP contribution in [0.25, 0.3) is 11.5 Å². The topological polar surface area (TPSA) is 38.9 Å². The zero-order chi connectivity index (χ0) is 13.2. The van der Waals surface area contributed by atoms with Crippen molar-refractivity contribution >= 4 is 27.5 Å². The molecule has 0 atom stereocenters. The Morgan fingerprint density at radius 1 is 1.16 bits per heavy atom. The molecule has 1 aromatic carbocycles. The van der Waals surface area contributed by atoms with E-state index in [2.05, 4.69) is 26.1 Å². The van der Waals surface area contributed by atoms with Crippen LogP contribution < -0.4 is 0 Å². The van der Waals surface area contributed by atoms with E-state index in [-0.39, 0.29) is 0 Å². The average Bonchev–Trinajstić information content (AvgIpc) is 2.93. The third-order valence-electron chi connectivity index (χ3n) is 3.56. The second-order valence-electron chi connectivity index (χ2n) is 4.91. The zero-order valence-corrected chi connectivity index (χ0v) is 12.7. The van der Waals surface area contributed by atoms with Gasteiger partial charge in [-0.05, 0) is 47.0 Å². The van der Waals surface area contributed by atoms with Gasteiger partial charge in [0.25, 0.3) is 0 Å². The van der Waals surface area contributed by atoms with Crippen molar-refractivity contribution in [1.82, 2.24) is 10.2 Å². The Hall–Kier alpha value is -0.870. The van der Waals surface area contributed by atoms with Gasteiger partial charge < -0.3 is 4.42 Å². The average molecular weight is 342 g/mol. The molecule has 0 N–H and O–H groups in total. The quantitative estimate of drug-likeness (QED) is 0.753. The van der Waals surface area contributed by atoms with E-state index in [1.165, 1.54) is 19.3 Å². The summed E-state index contributed by atoms with van der Waals surface area (Å²) in [7, 11) is 0. The number of aromatic nitrogens is 2. The van der Waals surface area contributed by atoms with Gasteiger partial charge in [-0.15, -0.1) is 10.2 Å². The molecule has 5 heteroatoms. The predicted octanol–water partition coefficient (Wildman–Crippen LogP) is 5.20. The third-order valence-corrected chi connectivity index (χ3v) is 4.79. The normalized spacial score (nSPS) is 16.7. The fraction of sp³-hybridized carbons (Fsp3) is 0.429. The van der Waals surface area contributed by atoms with E-state index >= 15 is 0 Å². The van der Waals surface area contributed by atoms with Crippen LogP contribution in [-0.2, 0) is 0 Å². The molecule has 0 aliphatic heterocycles. The van der Waals surface area contributed by atoms with Gasteiger partial charge in [-0.1, -0.05) is 30.9 Å². The van der Waals surface area contributed by atoms with Crippen LogP contribution in [0, 0.1) is 0 Å². The van der Waals surface area contributed by atoms with Crippen LogP contribution in [0.5, 0.6) is 0 Å². The van der Waals surface area contributed by atoms with Crippen LogP contribution in [0.1, 0.15) is 43.9 Å². The summed E-state index contributed by atoms with van der Waals surface area (Å²) in [5.41, 5.74) is 0.864. The smallest absolute Gasteiger partial charge is 0.247 e. The van der Waals surface area contributed by atoms with Gasteiger partial charge in [0.15, 0.2) is 0 Å². The second kappa shape index (κ2) is 5.63. The van der Waals surface area contributed by atoms with Crippen molar-refractivity contribution in [3.63, 3.8) is 0 Å². The van der Waals surface area contributed by atoms with Gasteiger partial charge in [0, 0.05) is 16.0 Å². The van der Waals surface area contributed by atoms with Crippen molar-refractivity contribution in [3.05, 3.63) is 33.6 Å². The molecular weight excluding hydrogens is 328 g/mol. The summed E-state index contributed by atoms with van der Waals surface area (Å²) in [6.45, 7) is 0. The van der Waals surface area contributed by atoms with E-state index in [1.54, 1.807) is 0 Å². The highest BCUT2D eigenvalue weighted by molar-refractivity contribution is 9.10. The molecule has 1 saturated carbocycles. The lowest BCUT2D eigenvalue weighted by Gasteiger charge is -2.17. The molecule has 3 nitrogen and oxygen atoms in total. The summed E-state index contributed by atoms with van der Waals surface area (Å²) in [6, 6.07) is 5.65. The molecule has 100 valence electrons. The maximum absolute atomic E-state index is 6.08. The highest BCUT2D eigenvalue weighted by Gasteiger charge is 2.21. The molecule has 0 amide bonds. The highest BCUT2D eigenvalue weighted by Crippen LogP contribution is 2.34. The van der Waals surface area contributed by atoms with Crippen molar-refractivity contribution in [2.45, 2.75) is 38.0 Å². The van der Waals surface area contributed by atoms with Gasteiger partial charge >= 0.3 is 0 Å². The number of benzene rings is 1. The monoisotopic (exact) mass is 340 g/mol. The summed E-state index contributed by atoms with van der Waals surface area (Å²) >= 11 is 9.45. The summed E-state index contributed by atoms with van der Waals surface area (Å²) in [5, 5.41) is 8.99. The summed E-state index contributed by atoms with van der Waals surface area (Å²) in [6.07, 6.45) is 6.14. The first kappa shape index (κ1) is 13.1. The first-order chi connectivity index (χ1) is 9.24. The van der Waals surface area contributed by atoms with Crippen molar-refractivity contribution in [2.75, 3.05) is 0 Å². The van der Waals surface area contributed by atoms with Gasteiger partial charge in [-0.25, -0.2) is 0 Å². The fourth-order valence-corrected chi connectivity index (χ4v) is 2.92. The Morgan fingerprint density at radius 3 is 2.68 bits per heavy atom. The molecule has 0 saturated heterocycles. The molecule has 1 fully saturated rings. The minimum atomic E-state index is 0.431. The van der Waals surface area contributed by atoms with Crippen LogP contribution in [-0.4, -0.2) is 10.2 Å². The molecule has 0 bridgehead atoms. The Balaban J connectivity index is 1.85. The van der Waals surface area contributed by atoms with E-state index < -0.39 is 0 Å². The van der Waals surface area contributed by atoms with Crippen LogP contribution in [0.4, 0.5) is 0 Å². The molecule has 1 aliphatic carbocycles. The van der Waals surface area contributed by atoms with Crippen molar-refractivity contribution in [1.29, 1.82) is 0 Å². The number of hydrogen-bond donors (Lipinski definition) is 0. The minimum absolute atomic E-state index is 0.431. The van der Waals surface area contributed by atoms with Crippen molar-refractivity contribution in [3.8, 4) is 11.5 Å². The summed E-state index contributed by atoms with van der Waals surface area (Å²) in [4.78, 5) is 0. The van der Waals surface area contributed by atoms with E-state index in [0.717, 1.165) is 28.8 Å². The van der Waals surface area contributed by atoms with Crippen LogP contribution >= 0.6 is 27.5 Å². The van der Waals surface area contributed by atoms with Gasteiger partial charge in [-0.3, -0.25) is 0 Å². The molecule has 0 spiro atoms. The van der Waals surface area contributed by atoms with Crippen LogP contribution in [0.3, 0.4) is 0 Å². The fourth-order valence-electron chi connectivity index (χ4n) is 2.49.